The van der Waals surface area contributed by atoms with Crippen LogP contribution in [-0.4, -0.2) is 41.4 Å². The molecular formula is C28H33BrN4O3. The van der Waals surface area contributed by atoms with Crippen LogP contribution in [0.3, 0.4) is 0 Å². The van der Waals surface area contributed by atoms with Gasteiger partial charge >= 0.3 is 6.03 Å². The van der Waals surface area contributed by atoms with E-state index in [0.717, 1.165) is 39.9 Å². The van der Waals surface area contributed by atoms with Crippen molar-refractivity contribution in [1.29, 1.82) is 0 Å². The Labute approximate surface area is 221 Å². The normalized spacial score (nSPS) is 19.9. The second-order valence-electron chi connectivity index (χ2n) is 10.3. The van der Waals surface area contributed by atoms with E-state index >= 15 is 0 Å². The number of carbonyl (C=O) groups is 3. The van der Waals surface area contributed by atoms with E-state index in [0.29, 0.717) is 11.6 Å². The summed E-state index contributed by atoms with van der Waals surface area (Å²) in [7, 11) is 0. The van der Waals surface area contributed by atoms with E-state index in [2.05, 4.69) is 71.3 Å². The van der Waals surface area contributed by atoms with E-state index in [4.69, 9.17) is 0 Å². The molecule has 8 heteroatoms. The molecule has 2 aliphatic rings. The Morgan fingerprint density at radius 1 is 1.22 bits per heavy atom. The number of nitrogens with zero attached hydrogens (tertiary/aromatic N) is 2. The quantitative estimate of drug-likeness (QED) is 0.351. The monoisotopic (exact) mass is 552 g/mol. The van der Waals surface area contributed by atoms with E-state index in [-0.39, 0.29) is 17.8 Å². The third-order valence-corrected chi connectivity index (χ3v) is 7.44. The van der Waals surface area contributed by atoms with Crippen molar-refractivity contribution in [3.63, 3.8) is 0 Å². The molecule has 1 atom stereocenters. The maximum Gasteiger partial charge on any atom is 0.329 e. The zero-order chi connectivity index (χ0) is 26.2. The van der Waals surface area contributed by atoms with E-state index in [1.807, 2.05) is 6.92 Å². The first kappa shape index (κ1) is 25.9. The minimum Gasteiger partial charge on any atom is -0.366 e. The zero-order valence-electron chi connectivity index (χ0n) is 21.4. The lowest BCUT2D eigenvalue weighted by Crippen LogP contribution is -2.48. The summed E-state index contributed by atoms with van der Waals surface area (Å²) >= 11 is 3.35. The van der Waals surface area contributed by atoms with E-state index in [9.17, 15) is 14.4 Å². The average Bonchev–Trinajstić information content (AvgIpc) is 3.06. The number of imide groups is 1. The highest BCUT2D eigenvalue weighted by atomic mass is 79.9. The molecule has 2 aromatic carbocycles. The molecule has 0 aromatic heterocycles. The number of benzene rings is 2. The number of hydrogen-bond acceptors (Lipinski definition) is 4. The number of anilines is 2. The van der Waals surface area contributed by atoms with Crippen molar-refractivity contribution in [2.24, 2.45) is 0 Å². The topological polar surface area (TPSA) is 81.8 Å². The fourth-order valence-corrected chi connectivity index (χ4v) is 5.47. The second kappa shape index (κ2) is 10.1. The molecule has 36 heavy (non-hydrogen) atoms. The van der Waals surface area contributed by atoms with Gasteiger partial charge in [-0.3, -0.25) is 9.59 Å². The van der Waals surface area contributed by atoms with Crippen molar-refractivity contribution in [1.82, 2.24) is 10.2 Å². The van der Waals surface area contributed by atoms with Crippen molar-refractivity contribution in [3.8, 4) is 0 Å². The highest BCUT2D eigenvalue weighted by molar-refractivity contribution is 9.10. The van der Waals surface area contributed by atoms with Gasteiger partial charge in [0.25, 0.3) is 5.91 Å². The van der Waals surface area contributed by atoms with Crippen LogP contribution in [0.5, 0.6) is 0 Å². The lowest BCUT2D eigenvalue weighted by molar-refractivity contribution is -0.127. The Bertz CT molecular complexity index is 1240. The van der Waals surface area contributed by atoms with Crippen LogP contribution in [0.2, 0.25) is 0 Å². The summed E-state index contributed by atoms with van der Waals surface area (Å²) in [6.45, 7) is 11.7. The molecule has 7 nitrogen and oxygen atoms in total. The molecule has 0 radical (unpaired) electrons. The van der Waals surface area contributed by atoms with Gasteiger partial charge in [-0.15, -0.1) is 0 Å². The molecular weight excluding hydrogens is 520 g/mol. The molecule has 0 bridgehead atoms. The number of aryl methyl sites for hydroxylation is 1. The lowest BCUT2D eigenvalue weighted by atomic mass is 9.79. The molecule has 1 saturated heterocycles. The van der Waals surface area contributed by atoms with Crippen molar-refractivity contribution in [3.05, 3.63) is 63.3 Å². The van der Waals surface area contributed by atoms with Crippen molar-refractivity contribution in [2.75, 3.05) is 23.3 Å². The van der Waals surface area contributed by atoms with Gasteiger partial charge in [0.15, 0.2) is 0 Å². The maximum absolute atomic E-state index is 13.0. The molecule has 190 valence electrons. The van der Waals surface area contributed by atoms with Gasteiger partial charge in [0.05, 0.1) is 0 Å². The van der Waals surface area contributed by atoms with Gasteiger partial charge in [-0.25, -0.2) is 9.69 Å². The fraction of sp³-hybridized carbons (Fsp3) is 0.393. The minimum atomic E-state index is -0.600. The van der Waals surface area contributed by atoms with E-state index in [1.165, 1.54) is 11.3 Å². The number of fused-ring (bicyclic) bond motifs is 1. The predicted molar refractivity (Wildman–Crippen MR) is 147 cm³/mol. The highest BCUT2D eigenvalue weighted by Crippen LogP contribution is 2.44. The summed E-state index contributed by atoms with van der Waals surface area (Å²) in [5, 5.41) is 5.35. The molecule has 4 rings (SSSR count). The molecule has 4 amide bonds. The second-order valence-corrected chi connectivity index (χ2v) is 11.2. The number of amides is 4. The number of nitrogens with one attached hydrogen (secondary N) is 2. The third-order valence-electron chi connectivity index (χ3n) is 6.91. The van der Waals surface area contributed by atoms with Crippen LogP contribution in [0, 0.1) is 6.92 Å². The average molecular weight is 554 g/mol. The van der Waals surface area contributed by atoms with Crippen LogP contribution in [0.4, 0.5) is 16.2 Å². The molecule has 2 N–H and O–H groups in total. The van der Waals surface area contributed by atoms with Crippen LogP contribution in [0.1, 0.15) is 63.1 Å². The smallest absolute Gasteiger partial charge is 0.329 e. The first-order valence-electron chi connectivity index (χ1n) is 12.3. The first-order valence-corrected chi connectivity index (χ1v) is 13.1. The number of carbonyl (C=O) groups excluding carboxylic acids is 3. The van der Waals surface area contributed by atoms with Crippen LogP contribution < -0.4 is 15.5 Å². The maximum atomic E-state index is 13.0. The van der Waals surface area contributed by atoms with Gasteiger partial charge < -0.3 is 15.5 Å². The molecule has 2 aromatic rings. The van der Waals surface area contributed by atoms with Gasteiger partial charge in [0.1, 0.15) is 12.2 Å². The van der Waals surface area contributed by atoms with Crippen LogP contribution in [0.25, 0.3) is 6.08 Å². The minimum absolute atomic E-state index is 0.0710. The molecule has 1 unspecified atom stereocenters. The number of rotatable bonds is 6. The standard InChI is InChI=1S/C28H33BrN4O3/c1-6-11-33-24-12-17(2)19(13-22(24)18(3)15-28(33,4)5)14-23-26(35)32(27(36)31-23)16-25(34)30-21-9-7-20(29)8-10-21/h7-10,12-14,18H,6,11,15-16H2,1-5H3,(H,30,34)(H,31,36)/b23-14+. The van der Waals surface area contributed by atoms with Crippen LogP contribution in [0.15, 0.2) is 46.6 Å². The summed E-state index contributed by atoms with van der Waals surface area (Å²) in [5.41, 5.74) is 5.25. The zero-order valence-corrected chi connectivity index (χ0v) is 23.0. The Morgan fingerprint density at radius 2 is 1.92 bits per heavy atom. The predicted octanol–water partition coefficient (Wildman–Crippen LogP) is 5.79. The van der Waals surface area contributed by atoms with Gasteiger partial charge in [0, 0.05) is 27.9 Å². The highest BCUT2D eigenvalue weighted by Gasteiger charge is 2.37. The van der Waals surface area contributed by atoms with E-state index in [1.54, 1.807) is 30.3 Å². The number of urea groups is 1. The summed E-state index contributed by atoms with van der Waals surface area (Å²) in [6.07, 6.45) is 3.82. The van der Waals surface area contributed by atoms with Gasteiger partial charge in [0.2, 0.25) is 5.91 Å². The van der Waals surface area contributed by atoms with Crippen LogP contribution >= 0.6 is 15.9 Å². The molecule has 0 spiro atoms. The Kier molecular flexibility index (Phi) is 7.27. The van der Waals surface area contributed by atoms with Gasteiger partial charge in [-0.2, -0.15) is 0 Å². The van der Waals surface area contributed by atoms with Gasteiger partial charge in [-0.1, -0.05) is 29.8 Å². The Balaban J connectivity index is 1.55. The molecule has 1 fully saturated rings. The molecule has 2 heterocycles. The number of hydrogen-bond donors (Lipinski definition) is 2. The van der Waals surface area contributed by atoms with Crippen molar-refractivity contribution >= 4 is 51.2 Å². The third kappa shape index (κ3) is 5.19. The van der Waals surface area contributed by atoms with Crippen LogP contribution in [-0.2, 0) is 9.59 Å². The van der Waals surface area contributed by atoms with Crippen molar-refractivity contribution < 1.29 is 14.4 Å². The van der Waals surface area contributed by atoms with E-state index < -0.39 is 17.8 Å². The SMILES string of the molecule is CCCN1c2cc(C)c(/C=C3/NC(=O)N(CC(=O)Nc4ccc(Br)cc4)C3=O)cc2C(C)CC1(C)C. The molecule has 0 aliphatic carbocycles. The van der Waals surface area contributed by atoms with Gasteiger partial charge in [-0.05, 0) is 98.7 Å². The Morgan fingerprint density at radius 3 is 2.58 bits per heavy atom. The lowest BCUT2D eigenvalue weighted by Gasteiger charge is -2.48. The summed E-state index contributed by atoms with van der Waals surface area (Å²) in [5.74, 6) is -0.585. The summed E-state index contributed by atoms with van der Waals surface area (Å²) in [6, 6.07) is 10.8. The first-order chi connectivity index (χ1) is 17.0. The number of halogens is 1. The summed E-state index contributed by atoms with van der Waals surface area (Å²) in [4.78, 5) is 41.4. The largest absolute Gasteiger partial charge is 0.366 e. The van der Waals surface area contributed by atoms with Crippen molar-refractivity contribution in [2.45, 2.75) is 58.9 Å². The molecule has 2 aliphatic heterocycles. The summed E-state index contributed by atoms with van der Waals surface area (Å²) < 4.78 is 0.887. The molecule has 0 saturated carbocycles. The Hall–Kier alpha value is -3.13. The fourth-order valence-electron chi connectivity index (χ4n) is 5.20.